The number of piperazine rings is 1. The lowest BCUT2D eigenvalue weighted by Gasteiger charge is -2.37. The second-order valence-electron chi connectivity index (χ2n) is 10.4. The predicted octanol–water partition coefficient (Wildman–Crippen LogP) is 4.97. The SMILES string of the molecule is Cc1cccc(NC(=O)N2CCN(c3ccc(NC(=O)C4CC4)cc3C(=O)N(C)Cc3ccccc3)CC2)c1. The zero-order chi connectivity index (χ0) is 27.4. The largest absolute Gasteiger partial charge is 0.367 e. The Morgan fingerprint density at radius 1 is 0.846 bits per heavy atom. The summed E-state index contributed by atoms with van der Waals surface area (Å²) in [5, 5.41) is 5.96. The maximum atomic E-state index is 13.7. The summed E-state index contributed by atoms with van der Waals surface area (Å²) < 4.78 is 0. The second kappa shape index (κ2) is 11.6. The highest BCUT2D eigenvalue weighted by atomic mass is 16.2. The molecule has 4 amide bonds. The highest BCUT2D eigenvalue weighted by molar-refractivity contribution is 6.02. The summed E-state index contributed by atoms with van der Waals surface area (Å²) in [6.07, 6.45) is 1.83. The summed E-state index contributed by atoms with van der Waals surface area (Å²) in [4.78, 5) is 44.6. The van der Waals surface area contributed by atoms with Crippen LogP contribution in [0.5, 0.6) is 0 Å². The summed E-state index contributed by atoms with van der Waals surface area (Å²) in [5.41, 5.74) is 4.89. The fourth-order valence-corrected chi connectivity index (χ4v) is 4.86. The number of nitrogens with one attached hydrogen (secondary N) is 2. The first-order valence-corrected chi connectivity index (χ1v) is 13.5. The van der Waals surface area contributed by atoms with Crippen LogP contribution in [0.1, 0.15) is 34.3 Å². The molecule has 0 radical (unpaired) electrons. The first-order chi connectivity index (χ1) is 18.9. The molecule has 1 saturated carbocycles. The summed E-state index contributed by atoms with van der Waals surface area (Å²) in [5.74, 6) is -0.0355. The Bertz CT molecular complexity index is 1350. The van der Waals surface area contributed by atoms with Crippen LogP contribution in [0.15, 0.2) is 72.8 Å². The van der Waals surface area contributed by atoms with E-state index < -0.39 is 0 Å². The van der Waals surface area contributed by atoms with Gasteiger partial charge < -0.3 is 25.3 Å². The van der Waals surface area contributed by atoms with Crippen molar-refractivity contribution in [1.82, 2.24) is 9.80 Å². The van der Waals surface area contributed by atoms with Crippen LogP contribution in [0.25, 0.3) is 0 Å². The van der Waals surface area contributed by atoms with Gasteiger partial charge in [0.15, 0.2) is 0 Å². The monoisotopic (exact) mass is 525 g/mol. The number of urea groups is 1. The highest BCUT2D eigenvalue weighted by Crippen LogP contribution is 2.32. The number of nitrogens with zero attached hydrogens (tertiary/aromatic N) is 3. The Balaban J connectivity index is 1.31. The number of carbonyl (C=O) groups is 3. The van der Waals surface area contributed by atoms with Gasteiger partial charge >= 0.3 is 6.03 Å². The lowest BCUT2D eigenvalue weighted by atomic mass is 10.1. The highest BCUT2D eigenvalue weighted by Gasteiger charge is 2.30. The third-order valence-electron chi connectivity index (χ3n) is 7.23. The molecule has 0 spiro atoms. The minimum atomic E-state index is -0.128. The molecule has 1 saturated heterocycles. The molecule has 1 aliphatic heterocycles. The first kappa shape index (κ1) is 26.3. The third-order valence-corrected chi connectivity index (χ3v) is 7.23. The molecule has 0 unspecified atom stereocenters. The Hall–Kier alpha value is -4.33. The number of hydrogen-bond acceptors (Lipinski definition) is 4. The third kappa shape index (κ3) is 6.57. The Kier molecular flexibility index (Phi) is 7.81. The quantitative estimate of drug-likeness (QED) is 0.456. The van der Waals surface area contributed by atoms with Gasteiger partial charge in [-0.15, -0.1) is 0 Å². The molecule has 0 aromatic heterocycles. The van der Waals surface area contributed by atoms with Crippen molar-refractivity contribution in [3.63, 3.8) is 0 Å². The number of rotatable bonds is 7. The van der Waals surface area contributed by atoms with Crippen molar-refractivity contribution in [3.05, 3.63) is 89.5 Å². The lowest BCUT2D eigenvalue weighted by Crippen LogP contribution is -2.50. The average Bonchev–Trinajstić information content (AvgIpc) is 3.79. The molecule has 8 nitrogen and oxygen atoms in total. The van der Waals surface area contributed by atoms with E-state index in [9.17, 15) is 14.4 Å². The zero-order valence-corrected chi connectivity index (χ0v) is 22.5. The molecule has 0 bridgehead atoms. The Morgan fingerprint density at radius 2 is 1.56 bits per heavy atom. The van der Waals surface area contributed by atoms with E-state index in [1.807, 2.05) is 73.7 Å². The van der Waals surface area contributed by atoms with E-state index >= 15 is 0 Å². The van der Waals surface area contributed by atoms with Gasteiger partial charge in [-0.25, -0.2) is 4.79 Å². The van der Waals surface area contributed by atoms with Gasteiger partial charge in [0, 0.05) is 62.8 Å². The van der Waals surface area contributed by atoms with Crippen molar-refractivity contribution in [2.45, 2.75) is 26.3 Å². The normalized spacial score (nSPS) is 15.0. The van der Waals surface area contributed by atoms with Crippen LogP contribution >= 0.6 is 0 Å². The molecule has 1 aliphatic carbocycles. The van der Waals surface area contributed by atoms with Crippen molar-refractivity contribution < 1.29 is 14.4 Å². The predicted molar refractivity (Wildman–Crippen MR) is 154 cm³/mol. The molecule has 3 aromatic carbocycles. The van der Waals surface area contributed by atoms with Gasteiger partial charge in [-0.1, -0.05) is 42.5 Å². The van der Waals surface area contributed by atoms with Gasteiger partial charge in [-0.05, 0) is 61.2 Å². The smallest absolute Gasteiger partial charge is 0.321 e. The van der Waals surface area contributed by atoms with E-state index in [0.29, 0.717) is 44.0 Å². The molecule has 2 N–H and O–H groups in total. The fraction of sp³-hybridized carbons (Fsp3) is 0.323. The van der Waals surface area contributed by atoms with Gasteiger partial charge in [0.05, 0.1) is 5.56 Å². The van der Waals surface area contributed by atoms with E-state index in [1.54, 1.807) is 22.9 Å². The minimum Gasteiger partial charge on any atom is -0.367 e. The number of amides is 4. The van der Waals surface area contributed by atoms with Crippen molar-refractivity contribution in [2.24, 2.45) is 5.92 Å². The van der Waals surface area contributed by atoms with Gasteiger partial charge in [-0.3, -0.25) is 9.59 Å². The van der Waals surface area contributed by atoms with Crippen molar-refractivity contribution in [3.8, 4) is 0 Å². The van der Waals surface area contributed by atoms with E-state index in [1.165, 1.54) is 0 Å². The Morgan fingerprint density at radius 3 is 2.26 bits per heavy atom. The average molecular weight is 526 g/mol. The molecule has 8 heteroatoms. The van der Waals surface area contributed by atoms with Crippen LogP contribution in [-0.2, 0) is 11.3 Å². The molecule has 39 heavy (non-hydrogen) atoms. The summed E-state index contributed by atoms with van der Waals surface area (Å²) >= 11 is 0. The molecule has 2 aliphatic rings. The van der Waals surface area contributed by atoms with Crippen molar-refractivity contribution >= 4 is 34.9 Å². The topological polar surface area (TPSA) is 85.0 Å². The van der Waals surface area contributed by atoms with Crippen LogP contribution in [-0.4, -0.2) is 60.9 Å². The number of hydrogen-bond donors (Lipinski definition) is 2. The minimum absolute atomic E-state index is 0.00651. The molecule has 3 aromatic rings. The van der Waals surface area contributed by atoms with E-state index in [0.717, 1.165) is 35.3 Å². The first-order valence-electron chi connectivity index (χ1n) is 13.5. The summed E-state index contributed by atoms with van der Waals surface area (Å²) in [6.45, 7) is 4.73. The molecular formula is C31H35N5O3. The lowest BCUT2D eigenvalue weighted by molar-refractivity contribution is -0.117. The van der Waals surface area contributed by atoms with Crippen LogP contribution in [0.3, 0.4) is 0 Å². The van der Waals surface area contributed by atoms with Crippen LogP contribution in [0, 0.1) is 12.8 Å². The van der Waals surface area contributed by atoms with Crippen LogP contribution < -0.4 is 15.5 Å². The van der Waals surface area contributed by atoms with Gasteiger partial charge in [0.2, 0.25) is 5.91 Å². The summed E-state index contributed by atoms with van der Waals surface area (Å²) in [7, 11) is 1.79. The summed E-state index contributed by atoms with van der Waals surface area (Å²) in [6, 6.07) is 23.1. The van der Waals surface area contributed by atoms with E-state index in [2.05, 4.69) is 15.5 Å². The van der Waals surface area contributed by atoms with Gasteiger partial charge in [-0.2, -0.15) is 0 Å². The second-order valence-corrected chi connectivity index (χ2v) is 10.4. The molecular weight excluding hydrogens is 490 g/mol. The number of aryl methyl sites for hydroxylation is 1. The maximum Gasteiger partial charge on any atom is 0.321 e. The van der Waals surface area contributed by atoms with E-state index in [-0.39, 0.29) is 23.8 Å². The van der Waals surface area contributed by atoms with E-state index in [4.69, 9.17) is 0 Å². The standard InChI is InChI=1S/C31H35N5O3/c1-22-7-6-10-25(19-22)33-31(39)36-17-15-35(16-18-36)28-14-13-26(32-29(37)24-11-12-24)20-27(28)30(38)34(2)21-23-8-4-3-5-9-23/h3-10,13-14,19-20,24H,11-12,15-18,21H2,1-2H3,(H,32,37)(H,33,39). The van der Waals surface area contributed by atoms with Gasteiger partial charge in [0.25, 0.3) is 5.91 Å². The molecule has 5 rings (SSSR count). The zero-order valence-electron chi connectivity index (χ0n) is 22.5. The molecule has 202 valence electrons. The number of carbonyl (C=O) groups excluding carboxylic acids is 3. The fourth-order valence-electron chi connectivity index (χ4n) is 4.86. The van der Waals surface area contributed by atoms with Crippen molar-refractivity contribution in [1.29, 1.82) is 0 Å². The molecule has 0 atom stereocenters. The molecule has 1 heterocycles. The van der Waals surface area contributed by atoms with Crippen molar-refractivity contribution in [2.75, 3.05) is 48.8 Å². The number of anilines is 3. The Labute approximate surface area is 229 Å². The maximum absolute atomic E-state index is 13.7. The van der Waals surface area contributed by atoms with Crippen LogP contribution in [0.2, 0.25) is 0 Å². The molecule has 2 fully saturated rings. The van der Waals surface area contributed by atoms with Crippen LogP contribution in [0.4, 0.5) is 21.9 Å². The van der Waals surface area contributed by atoms with Gasteiger partial charge in [0.1, 0.15) is 0 Å². The number of benzene rings is 3.